The van der Waals surface area contributed by atoms with Crippen molar-refractivity contribution in [3.8, 4) is 11.5 Å². The molecule has 3 aromatic carbocycles. The van der Waals surface area contributed by atoms with Gasteiger partial charge in [0.1, 0.15) is 6.04 Å². The van der Waals surface area contributed by atoms with Gasteiger partial charge in [0.25, 0.3) is 11.8 Å². The van der Waals surface area contributed by atoms with E-state index in [-0.39, 0.29) is 18.4 Å². The number of carbonyl (C=O) groups is 2. The number of ether oxygens (including phenoxy) is 2. The molecule has 3 heterocycles. The molecule has 10 nitrogen and oxygen atoms in total. The molecule has 238 valence electrons. The number of thioether (sulfide) groups is 1. The zero-order chi connectivity index (χ0) is 32.0. The molecule has 6 rings (SSSR count). The molecule has 0 radical (unpaired) electrons. The van der Waals surface area contributed by atoms with Crippen molar-refractivity contribution in [2.45, 2.75) is 43.1 Å². The quantitative estimate of drug-likeness (QED) is 0.185. The smallest absolute Gasteiger partial charge is 0.260 e. The molecular formula is C34H35ClN6O4S. The van der Waals surface area contributed by atoms with Gasteiger partial charge in [-0.1, -0.05) is 65.8 Å². The zero-order valence-corrected chi connectivity index (χ0v) is 27.2. The summed E-state index contributed by atoms with van der Waals surface area (Å²) in [6.07, 6.45) is 3.17. The molecule has 1 saturated heterocycles. The number of amides is 2. The minimum absolute atomic E-state index is 0.0447. The minimum atomic E-state index is -0.639. The molecule has 0 spiro atoms. The highest BCUT2D eigenvalue weighted by Crippen LogP contribution is 2.40. The number of carbonyl (C=O) groups excluding carboxylic acids is 2. The van der Waals surface area contributed by atoms with Crippen LogP contribution in [0.15, 0.2) is 89.2 Å². The van der Waals surface area contributed by atoms with Crippen LogP contribution in [0.2, 0.25) is 5.02 Å². The molecule has 0 bridgehead atoms. The van der Waals surface area contributed by atoms with Crippen molar-refractivity contribution in [1.29, 1.82) is 0 Å². The Bertz CT molecular complexity index is 1760. The van der Waals surface area contributed by atoms with Crippen LogP contribution in [0, 0.1) is 0 Å². The molecule has 1 fully saturated rings. The van der Waals surface area contributed by atoms with E-state index in [1.54, 1.807) is 17.9 Å². The van der Waals surface area contributed by atoms with Crippen LogP contribution in [0.4, 0.5) is 11.6 Å². The predicted octanol–water partition coefficient (Wildman–Crippen LogP) is 6.55. The third kappa shape index (κ3) is 7.00. The topological polar surface area (TPSA) is 111 Å². The molecule has 1 atom stereocenters. The lowest BCUT2D eigenvalue weighted by atomic mass is 9.94. The molecule has 0 saturated carbocycles. The average Bonchev–Trinajstić information content (AvgIpc) is 3.49. The van der Waals surface area contributed by atoms with Crippen LogP contribution < -0.4 is 20.1 Å². The number of fused-ring (bicyclic) bond motifs is 1. The number of likely N-dealkylation sites (tertiary alicyclic amines) is 1. The molecule has 12 heteroatoms. The van der Waals surface area contributed by atoms with Gasteiger partial charge >= 0.3 is 0 Å². The molecule has 2 N–H and O–H groups in total. The van der Waals surface area contributed by atoms with Crippen LogP contribution in [0.5, 0.6) is 11.5 Å². The van der Waals surface area contributed by atoms with Gasteiger partial charge in [-0.05, 0) is 67.6 Å². The Morgan fingerprint density at radius 1 is 1.02 bits per heavy atom. The fourth-order valence-corrected chi connectivity index (χ4v) is 6.73. The summed E-state index contributed by atoms with van der Waals surface area (Å²) in [5, 5.41) is 12.4. The van der Waals surface area contributed by atoms with E-state index < -0.39 is 6.04 Å². The van der Waals surface area contributed by atoms with E-state index in [0.29, 0.717) is 50.3 Å². The number of benzene rings is 3. The highest BCUT2D eigenvalue weighted by Gasteiger charge is 2.35. The number of anilines is 2. The first-order valence-electron chi connectivity index (χ1n) is 15.2. The molecule has 0 aliphatic carbocycles. The number of aromatic nitrogens is 3. The SMILES string of the molecule is COc1cc(C2C(C(=O)Nc3ccccc3)=C(C)Nc3nc(SCc4ccccc4Cl)nn32)ccc1OCC(=O)N1CCCCC1. The number of nitrogens with zero attached hydrogens (tertiary/aromatic N) is 4. The summed E-state index contributed by atoms with van der Waals surface area (Å²) >= 11 is 7.84. The zero-order valence-electron chi connectivity index (χ0n) is 25.7. The molecular weight excluding hydrogens is 624 g/mol. The highest BCUT2D eigenvalue weighted by molar-refractivity contribution is 7.98. The first-order chi connectivity index (χ1) is 22.4. The lowest BCUT2D eigenvalue weighted by Gasteiger charge is -2.29. The van der Waals surface area contributed by atoms with Crippen LogP contribution in [-0.2, 0) is 15.3 Å². The van der Waals surface area contributed by atoms with E-state index >= 15 is 0 Å². The van der Waals surface area contributed by atoms with Crippen LogP contribution >= 0.6 is 23.4 Å². The van der Waals surface area contributed by atoms with Gasteiger partial charge in [0.05, 0.1) is 12.7 Å². The Kier molecular flexibility index (Phi) is 9.79. The molecule has 1 unspecified atom stereocenters. The van der Waals surface area contributed by atoms with Crippen molar-refractivity contribution >= 4 is 46.8 Å². The van der Waals surface area contributed by atoms with E-state index in [9.17, 15) is 9.59 Å². The minimum Gasteiger partial charge on any atom is -0.493 e. The van der Waals surface area contributed by atoms with Gasteiger partial charge in [-0.3, -0.25) is 9.59 Å². The predicted molar refractivity (Wildman–Crippen MR) is 179 cm³/mol. The Morgan fingerprint density at radius 2 is 1.78 bits per heavy atom. The van der Waals surface area contributed by atoms with Crippen LogP contribution in [-0.4, -0.2) is 58.3 Å². The second-order valence-corrected chi connectivity index (χ2v) is 12.4. The van der Waals surface area contributed by atoms with Gasteiger partial charge in [-0.15, -0.1) is 5.10 Å². The number of hydrogen-bond donors (Lipinski definition) is 2. The van der Waals surface area contributed by atoms with E-state index in [1.165, 1.54) is 11.8 Å². The summed E-state index contributed by atoms with van der Waals surface area (Å²) < 4.78 is 13.4. The monoisotopic (exact) mass is 658 g/mol. The third-order valence-electron chi connectivity index (χ3n) is 7.99. The number of rotatable bonds is 10. The lowest BCUT2D eigenvalue weighted by Crippen LogP contribution is -2.38. The summed E-state index contributed by atoms with van der Waals surface area (Å²) in [6.45, 7) is 3.29. The van der Waals surface area contributed by atoms with Gasteiger partial charge < -0.3 is 25.0 Å². The molecule has 4 aromatic rings. The van der Waals surface area contributed by atoms with Gasteiger partial charge in [0.15, 0.2) is 18.1 Å². The first-order valence-corrected chi connectivity index (χ1v) is 16.5. The van der Waals surface area contributed by atoms with Crippen LogP contribution in [0.25, 0.3) is 0 Å². The van der Waals surface area contributed by atoms with E-state index in [2.05, 4.69) is 10.6 Å². The second-order valence-electron chi connectivity index (χ2n) is 11.1. The Hall–Kier alpha value is -4.48. The van der Waals surface area contributed by atoms with Crippen LogP contribution in [0.1, 0.15) is 43.4 Å². The summed E-state index contributed by atoms with van der Waals surface area (Å²) in [7, 11) is 1.55. The number of allylic oxidation sites excluding steroid dienone is 1. The summed E-state index contributed by atoms with van der Waals surface area (Å²) in [5.41, 5.74) is 3.50. The number of halogens is 1. The molecule has 2 amide bonds. The van der Waals surface area contributed by atoms with Crippen molar-refractivity contribution in [1.82, 2.24) is 19.7 Å². The number of nitrogens with one attached hydrogen (secondary N) is 2. The summed E-state index contributed by atoms with van der Waals surface area (Å²) in [6, 6.07) is 21.8. The van der Waals surface area contributed by atoms with Crippen LogP contribution in [0.3, 0.4) is 0 Å². The maximum absolute atomic E-state index is 13.9. The summed E-state index contributed by atoms with van der Waals surface area (Å²) in [4.78, 5) is 33.2. The second kappa shape index (κ2) is 14.3. The Morgan fingerprint density at radius 3 is 2.54 bits per heavy atom. The molecule has 46 heavy (non-hydrogen) atoms. The largest absolute Gasteiger partial charge is 0.493 e. The maximum Gasteiger partial charge on any atom is 0.260 e. The van der Waals surface area contributed by atoms with Crippen molar-refractivity contribution in [3.63, 3.8) is 0 Å². The number of methoxy groups -OCH3 is 1. The Balaban J connectivity index is 1.31. The average molecular weight is 659 g/mol. The van der Waals surface area contributed by atoms with Gasteiger partial charge in [0.2, 0.25) is 11.1 Å². The van der Waals surface area contributed by atoms with Crippen molar-refractivity contribution in [2.75, 3.05) is 37.4 Å². The van der Waals surface area contributed by atoms with Crippen molar-refractivity contribution < 1.29 is 19.1 Å². The normalized spacial score (nSPS) is 16.0. The van der Waals surface area contributed by atoms with Gasteiger partial charge in [-0.25, -0.2) is 4.68 Å². The van der Waals surface area contributed by atoms with E-state index in [1.807, 2.05) is 78.6 Å². The Labute approximate surface area is 277 Å². The fourth-order valence-electron chi connectivity index (χ4n) is 5.62. The standard InChI is InChI=1S/C34H35ClN6O4S/c1-22-30(32(43)37-25-12-5-3-6-13-25)31(41-33(36-22)38-34(39-41)46-21-24-11-7-8-14-26(24)35)23-15-16-27(28(19-23)44-2)45-20-29(42)40-17-9-4-10-18-40/h3,5-8,11-16,19,31H,4,9-10,17-18,20-21H2,1-2H3,(H,37,43)(H,36,38,39). The lowest BCUT2D eigenvalue weighted by molar-refractivity contribution is -0.134. The number of piperidine rings is 1. The maximum atomic E-state index is 13.9. The molecule has 2 aliphatic rings. The highest BCUT2D eigenvalue weighted by atomic mass is 35.5. The van der Waals surface area contributed by atoms with E-state index in [4.69, 9.17) is 31.2 Å². The van der Waals surface area contributed by atoms with E-state index in [0.717, 1.165) is 43.5 Å². The molecule has 1 aromatic heterocycles. The van der Waals surface area contributed by atoms with Gasteiger partial charge in [0, 0.05) is 35.2 Å². The van der Waals surface area contributed by atoms with Gasteiger partial charge in [-0.2, -0.15) is 4.98 Å². The molecule has 2 aliphatic heterocycles. The fraction of sp³-hybridized carbons (Fsp3) is 0.294. The first kappa shape index (κ1) is 31.5. The number of para-hydroxylation sites is 1. The van der Waals surface area contributed by atoms with Crippen molar-refractivity contribution in [3.05, 3.63) is 100 Å². The number of hydrogen-bond acceptors (Lipinski definition) is 8. The third-order valence-corrected chi connectivity index (χ3v) is 9.24. The summed E-state index contributed by atoms with van der Waals surface area (Å²) in [5.74, 6) is 1.65. The van der Waals surface area contributed by atoms with Crippen molar-refractivity contribution in [2.24, 2.45) is 0 Å².